The molecule has 0 unspecified atom stereocenters. The summed E-state index contributed by atoms with van der Waals surface area (Å²) in [5.41, 5.74) is 1.96. The number of ether oxygens (including phenoxy) is 1. The van der Waals surface area contributed by atoms with Gasteiger partial charge in [0.1, 0.15) is 4.90 Å². The highest BCUT2D eigenvalue weighted by Gasteiger charge is 2.24. The Balaban J connectivity index is 1.84. The standard InChI is InChI=1S/C22H17BrN4O9S/c1-2-35-20-10-14(13-24-25-22(28)15-5-3-6-16(11-15)26(29)30)9-19(23)21(20)36-37(33,34)18-8-4-7-17(12-18)27(31)32/h3-13H,2H2,1H3,(H,25,28)/b24-13-. The number of hydrogen-bond acceptors (Lipinski definition) is 10. The second kappa shape index (κ2) is 11.6. The first-order valence-corrected chi connectivity index (χ1v) is 12.4. The van der Waals surface area contributed by atoms with Gasteiger partial charge >= 0.3 is 10.1 Å². The van der Waals surface area contributed by atoms with E-state index in [1.807, 2.05) is 0 Å². The number of nitrogens with one attached hydrogen (secondary N) is 1. The van der Waals surface area contributed by atoms with Gasteiger partial charge in [0.15, 0.2) is 11.5 Å². The van der Waals surface area contributed by atoms with Crippen LogP contribution in [0.5, 0.6) is 11.5 Å². The molecule has 3 rings (SSSR count). The molecule has 37 heavy (non-hydrogen) atoms. The molecule has 192 valence electrons. The molecule has 0 bridgehead atoms. The van der Waals surface area contributed by atoms with E-state index in [0.717, 1.165) is 24.3 Å². The van der Waals surface area contributed by atoms with Crippen molar-refractivity contribution in [2.75, 3.05) is 6.61 Å². The van der Waals surface area contributed by atoms with Crippen LogP contribution in [0, 0.1) is 20.2 Å². The fourth-order valence-corrected chi connectivity index (χ4v) is 4.55. The molecule has 3 aromatic carbocycles. The Kier molecular flexibility index (Phi) is 8.52. The van der Waals surface area contributed by atoms with E-state index in [1.165, 1.54) is 42.6 Å². The molecule has 0 saturated carbocycles. The monoisotopic (exact) mass is 592 g/mol. The van der Waals surface area contributed by atoms with Crippen LogP contribution in [-0.4, -0.2) is 37.0 Å². The maximum atomic E-state index is 12.8. The molecule has 0 fully saturated rings. The number of benzene rings is 3. The van der Waals surface area contributed by atoms with E-state index in [0.29, 0.717) is 5.56 Å². The average Bonchev–Trinajstić information content (AvgIpc) is 2.86. The first kappa shape index (κ1) is 27.2. The van der Waals surface area contributed by atoms with Crippen LogP contribution in [0.3, 0.4) is 0 Å². The first-order chi connectivity index (χ1) is 17.5. The number of amides is 1. The Bertz CT molecular complexity index is 1510. The molecule has 0 aliphatic heterocycles. The lowest BCUT2D eigenvalue weighted by atomic mass is 10.2. The Morgan fingerprint density at radius 2 is 1.70 bits per heavy atom. The van der Waals surface area contributed by atoms with Crippen LogP contribution in [0.4, 0.5) is 11.4 Å². The van der Waals surface area contributed by atoms with E-state index in [-0.39, 0.29) is 33.8 Å². The van der Waals surface area contributed by atoms with Crippen molar-refractivity contribution in [1.29, 1.82) is 0 Å². The number of halogens is 1. The van der Waals surface area contributed by atoms with Crippen LogP contribution in [0.1, 0.15) is 22.8 Å². The molecule has 0 spiro atoms. The molecule has 1 N–H and O–H groups in total. The third-order valence-corrected chi connectivity index (χ3v) is 6.35. The lowest BCUT2D eigenvalue weighted by Crippen LogP contribution is -2.17. The maximum absolute atomic E-state index is 12.8. The molecule has 15 heteroatoms. The average molecular weight is 593 g/mol. The van der Waals surface area contributed by atoms with Crippen LogP contribution >= 0.6 is 15.9 Å². The van der Waals surface area contributed by atoms with Crippen LogP contribution in [0.2, 0.25) is 0 Å². The predicted octanol–water partition coefficient (Wildman–Crippen LogP) is 4.20. The highest BCUT2D eigenvalue weighted by atomic mass is 79.9. The Hall–Kier alpha value is -4.37. The van der Waals surface area contributed by atoms with Gasteiger partial charge < -0.3 is 8.92 Å². The fourth-order valence-electron chi connectivity index (χ4n) is 2.91. The maximum Gasteiger partial charge on any atom is 0.339 e. The largest absolute Gasteiger partial charge is 0.490 e. The summed E-state index contributed by atoms with van der Waals surface area (Å²) in [6.07, 6.45) is 1.24. The van der Waals surface area contributed by atoms with Crippen LogP contribution < -0.4 is 14.3 Å². The van der Waals surface area contributed by atoms with Crippen molar-refractivity contribution in [3.63, 3.8) is 0 Å². The summed E-state index contributed by atoms with van der Waals surface area (Å²) in [7, 11) is -4.47. The third-order valence-electron chi connectivity index (χ3n) is 4.54. The SMILES string of the molecule is CCOc1cc(/C=N\NC(=O)c2cccc([N+](=O)[O-])c2)cc(Br)c1OS(=O)(=O)c1cccc([N+](=O)[O-])c1. The Morgan fingerprint density at radius 1 is 1.05 bits per heavy atom. The Morgan fingerprint density at radius 3 is 2.35 bits per heavy atom. The number of hydrogen-bond donors (Lipinski definition) is 1. The number of hydrazone groups is 1. The summed E-state index contributed by atoms with van der Waals surface area (Å²) < 4.78 is 36.4. The minimum absolute atomic E-state index is 0.0114. The Labute approximate surface area is 218 Å². The predicted molar refractivity (Wildman–Crippen MR) is 134 cm³/mol. The quantitative estimate of drug-likeness (QED) is 0.156. The lowest BCUT2D eigenvalue weighted by Gasteiger charge is -2.14. The molecule has 0 aliphatic carbocycles. The minimum Gasteiger partial charge on any atom is -0.490 e. The normalized spacial score (nSPS) is 11.2. The zero-order valence-electron chi connectivity index (χ0n) is 18.9. The molecule has 1 amide bonds. The number of non-ortho nitro benzene ring substituents is 2. The summed E-state index contributed by atoms with van der Waals surface area (Å²) in [6, 6.07) is 12.3. The smallest absolute Gasteiger partial charge is 0.339 e. The molecule has 3 aromatic rings. The van der Waals surface area contributed by atoms with E-state index in [9.17, 15) is 33.4 Å². The summed E-state index contributed by atoms with van der Waals surface area (Å²) in [6.45, 7) is 1.80. The molecule has 0 atom stereocenters. The van der Waals surface area contributed by atoms with Crippen molar-refractivity contribution in [2.24, 2.45) is 5.10 Å². The number of nitrogens with zero attached hydrogens (tertiary/aromatic N) is 3. The molecule has 0 aromatic heterocycles. The van der Waals surface area contributed by atoms with Gasteiger partial charge in [-0.05, 0) is 52.7 Å². The summed E-state index contributed by atoms with van der Waals surface area (Å²) >= 11 is 3.22. The highest BCUT2D eigenvalue weighted by molar-refractivity contribution is 9.10. The molecule has 0 heterocycles. The van der Waals surface area contributed by atoms with Crippen LogP contribution in [0.25, 0.3) is 0 Å². The molecule has 0 aliphatic rings. The molecule has 0 radical (unpaired) electrons. The minimum atomic E-state index is -4.47. The zero-order chi connectivity index (χ0) is 27.2. The second-order valence-corrected chi connectivity index (χ2v) is 9.46. The number of carbonyl (C=O) groups excluding carboxylic acids is 1. The van der Waals surface area contributed by atoms with Gasteiger partial charge in [0.25, 0.3) is 17.3 Å². The zero-order valence-corrected chi connectivity index (χ0v) is 21.3. The molecule has 13 nitrogen and oxygen atoms in total. The van der Waals surface area contributed by atoms with Crippen molar-refractivity contribution < 1.29 is 32.0 Å². The van der Waals surface area contributed by atoms with Crippen molar-refractivity contribution in [2.45, 2.75) is 11.8 Å². The lowest BCUT2D eigenvalue weighted by molar-refractivity contribution is -0.385. The summed E-state index contributed by atoms with van der Waals surface area (Å²) in [5, 5.41) is 25.7. The van der Waals surface area contributed by atoms with Gasteiger partial charge in [-0.3, -0.25) is 25.0 Å². The van der Waals surface area contributed by atoms with E-state index >= 15 is 0 Å². The second-order valence-electron chi connectivity index (χ2n) is 7.06. The number of nitro benzene ring substituents is 2. The molecular weight excluding hydrogens is 576 g/mol. The van der Waals surface area contributed by atoms with Crippen molar-refractivity contribution >= 4 is 49.5 Å². The van der Waals surface area contributed by atoms with E-state index in [4.69, 9.17) is 8.92 Å². The highest BCUT2D eigenvalue weighted by Crippen LogP contribution is 2.38. The first-order valence-electron chi connectivity index (χ1n) is 10.2. The van der Waals surface area contributed by atoms with Gasteiger partial charge in [-0.25, -0.2) is 5.43 Å². The van der Waals surface area contributed by atoms with Crippen LogP contribution in [0.15, 0.2) is 75.1 Å². The number of rotatable bonds is 10. The molecule has 0 saturated heterocycles. The topological polar surface area (TPSA) is 180 Å². The van der Waals surface area contributed by atoms with Gasteiger partial charge in [-0.15, -0.1) is 0 Å². The third kappa shape index (κ3) is 6.86. The van der Waals surface area contributed by atoms with E-state index in [1.54, 1.807) is 6.92 Å². The van der Waals surface area contributed by atoms with E-state index < -0.39 is 36.5 Å². The van der Waals surface area contributed by atoms with Gasteiger partial charge in [0, 0.05) is 29.8 Å². The summed E-state index contributed by atoms with van der Waals surface area (Å²) in [4.78, 5) is 32.3. The van der Waals surface area contributed by atoms with Gasteiger partial charge in [0.2, 0.25) is 0 Å². The number of carbonyl (C=O) groups is 1. The van der Waals surface area contributed by atoms with E-state index in [2.05, 4.69) is 26.5 Å². The van der Waals surface area contributed by atoms with Gasteiger partial charge in [-0.2, -0.15) is 13.5 Å². The van der Waals surface area contributed by atoms with Crippen molar-refractivity contribution in [1.82, 2.24) is 5.43 Å². The van der Waals surface area contributed by atoms with Gasteiger partial charge in [-0.1, -0.05) is 12.1 Å². The van der Waals surface area contributed by atoms with Gasteiger partial charge in [0.05, 0.1) is 27.1 Å². The summed E-state index contributed by atoms with van der Waals surface area (Å²) in [5.74, 6) is -0.879. The van der Waals surface area contributed by atoms with Crippen molar-refractivity contribution in [3.8, 4) is 11.5 Å². The number of nitro groups is 2. The van der Waals surface area contributed by atoms with Crippen molar-refractivity contribution in [3.05, 3.63) is 96.5 Å². The fraction of sp³-hybridized carbons (Fsp3) is 0.0909. The molecular formula is C22H17BrN4O9S. The van der Waals surface area contributed by atoms with Crippen LogP contribution in [-0.2, 0) is 10.1 Å².